The summed E-state index contributed by atoms with van der Waals surface area (Å²) in [7, 11) is 1.53. The zero-order chi connectivity index (χ0) is 19.8. The van der Waals surface area contributed by atoms with Gasteiger partial charge in [0.25, 0.3) is 11.8 Å². The first-order chi connectivity index (χ1) is 12.9. The molecular formula is C19H20ClN3O4. The lowest BCUT2D eigenvalue weighted by Gasteiger charge is -2.18. The Kier molecular flexibility index (Phi) is 7.19. The molecule has 27 heavy (non-hydrogen) atoms. The number of hydrogen-bond acceptors (Lipinski definition) is 4. The Balaban J connectivity index is 2.05. The number of benzene rings is 2. The molecule has 142 valence electrons. The fourth-order valence-corrected chi connectivity index (χ4v) is 2.47. The number of rotatable bonds is 7. The van der Waals surface area contributed by atoms with Gasteiger partial charge < -0.3 is 20.7 Å². The van der Waals surface area contributed by atoms with Crippen LogP contribution in [0, 0.1) is 0 Å². The second-order valence-corrected chi connectivity index (χ2v) is 6.07. The minimum atomic E-state index is -1.38. The Morgan fingerprint density at radius 2 is 1.70 bits per heavy atom. The van der Waals surface area contributed by atoms with E-state index < -0.39 is 23.8 Å². The molecule has 0 fully saturated rings. The van der Waals surface area contributed by atoms with Crippen molar-refractivity contribution in [2.75, 3.05) is 12.4 Å². The van der Waals surface area contributed by atoms with Crippen LogP contribution in [-0.4, -0.2) is 30.9 Å². The first-order valence-corrected chi connectivity index (χ1v) is 8.51. The number of carbonyl (C=O) groups is 3. The highest BCUT2D eigenvalue weighted by Gasteiger charge is 2.27. The van der Waals surface area contributed by atoms with E-state index in [1.165, 1.54) is 14.0 Å². The predicted octanol–water partition coefficient (Wildman–Crippen LogP) is 2.11. The molecule has 1 atom stereocenters. The van der Waals surface area contributed by atoms with Crippen molar-refractivity contribution in [3.63, 3.8) is 0 Å². The van der Waals surface area contributed by atoms with Crippen molar-refractivity contribution in [2.24, 2.45) is 0 Å². The molecule has 2 aromatic carbocycles. The molecule has 0 bridgehead atoms. The van der Waals surface area contributed by atoms with E-state index in [0.29, 0.717) is 22.0 Å². The van der Waals surface area contributed by atoms with Gasteiger partial charge in [-0.15, -0.1) is 0 Å². The third-order valence-electron chi connectivity index (χ3n) is 3.64. The van der Waals surface area contributed by atoms with Crippen LogP contribution in [0.15, 0.2) is 48.5 Å². The molecule has 0 aromatic heterocycles. The van der Waals surface area contributed by atoms with E-state index in [4.69, 9.17) is 16.3 Å². The molecule has 0 heterocycles. The fraction of sp³-hybridized carbons (Fsp3) is 0.211. The molecule has 0 aliphatic rings. The second-order valence-electron chi connectivity index (χ2n) is 5.66. The lowest BCUT2D eigenvalue weighted by atomic mass is 10.2. The highest BCUT2D eigenvalue weighted by atomic mass is 35.5. The van der Waals surface area contributed by atoms with Crippen LogP contribution in [-0.2, 0) is 20.9 Å². The van der Waals surface area contributed by atoms with Crippen LogP contribution in [0.2, 0.25) is 5.02 Å². The van der Waals surface area contributed by atoms with Gasteiger partial charge in [-0.3, -0.25) is 14.4 Å². The van der Waals surface area contributed by atoms with E-state index in [0.717, 1.165) is 0 Å². The van der Waals surface area contributed by atoms with Crippen LogP contribution >= 0.6 is 11.6 Å². The van der Waals surface area contributed by atoms with E-state index in [1.54, 1.807) is 48.5 Å². The van der Waals surface area contributed by atoms with Gasteiger partial charge in [0.05, 0.1) is 7.11 Å². The molecule has 3 N–H and O–H groups in total. The van der Waals surface area contributed by atoms with Gasteiger partial charge in [-0.1, -0.05) is 29.8 Å². The highest BCUT2D eigenvalue weighted by molar-refractivity contribution is 6.31. The Hall–Kier alpha value is -3.06. The van der Waals surface area contributed by atoms with Crippen LogP contribution in [0.4, 0.5) is 5.69 Å². The van der Waals surface area contributed by atoms with Crippen LogP contribution in [0.5, 0.6) is 5.75 Å². The number of anilines is 1. The van der Waals surface area contributed by atoms with Crippen molar-refractivity contribution in [2.45, 2.75) is 19.5 Å². The summed E-state index contributed by atoms with van der Waals surface area (Å²) in [6.45, 7) is 1.36. The van der Waals surface area contributed by atoms with Crippen molar-refractivity contribution in [1.29, 1.82) is 0 Å². The summed E-state index contributed by atoms with van der Waals surface area (Å²) in [6, 6.07) is 12.2. The number of carbonyl (C=O) groups excluding carboxylic acids is 3. The largest absolute Gasteiger partial charge is 0.497 e. The maximum atomic E-state index is 12.5. The first kappa shape index (κ1) is 20.3. The average Bonchev–Trinajstić information content (AvgIpc) is 2.65. The Bertz CT molecular complexity index is 824. The van der Waals surface area contributed by atoms with Gasteiger partial charge in [-0.2, -0.15) is 0 Å². The number of nitrogens with one attached hydrogen (secondary N) is 3. The fourth-order valence-electron chi connectivity index (χ4n) is 2.27. The summed E-state index contributed by atoms with van der Waals surface area (Å²) < 4.78 is 5.05. The van der Waals surface area contributed by atoms with E-state index in [-0.39, 0.29) is 6.54 Å². The molecule has 0 spiro atoms. The Morgan fingerprint density at radius 3 is 2.30 bits per heavy atom. The van der Waals surface area contributed by atoms with Crippen LogP contribution < -0.4 is 20.7 Å². The third kappa shape index (κ3) is 6.00. The molecule has 0 unspecified atom stereocenters. The summed E-state index contributed by atoms with van der Waals surface area (Å²) in [5.41, 5.74) is 1.17. The number of halogens is 1. The van der Waals surface area contributed by atoms with Gasteiger partial charge in [0.2, 0.25) is 5.91 Å². The minimum absolute atomic E-state index is 0.129. The lowest BCUT2D eigenvalue weighted by Crippen LogP contribution is -2.52. The highest BCUT2D eigenvalue weighted by Crippen LogP contribution is 2.16. The van der Waals surface area contributed by atoms with E-state index in [9.17, 15) is 14.4 Å². The Morgan fingerprint density at radius 1 is 1.04 bits per heavy atom. The van der Waals surface area contributed by atoms with E-state index in [1.807, 2.05) is 0 Å². The average molecular weight is 390 g/mol. The molecule has 7 nitrogen and oxygen atoms in total. The van der Waals surface area contributed by atoms with Crippen LogP contribution in [0.25, 0.3) is 0 Å². The summed E-state index contributed by atoms with van der Waals surface area (Å²) >= 11 is 6.06. The summed E-state index contributed by atoms with van der Waals surface area (Å²) in [6.07, 6.45) is 0. The van der Waals surface area contributed by atoms with Gasteiger partial charge in [0.15, 0.2) is 6.04 Å². The summed E-state index contributed by atoms with van der Waals surface area (Å²) in [5.74, 6) is -1.18. The van der Waals surface area contributed by atoms with Gasteiger partial charge in [-0.05, 0) is 35.9 Å². The number of amides is 3. The molecule has 0 aliphatic carbocycles. The van der Waals surface area contributed by atoms with Crippen molar-refractivity contribution in [3.8, 4) is 5.75 Å². The molecule has 0 aliphatic heterocycles. The zero-order valence-electron chi connectivity index (χ0n) is 14.9. The van der Waals surface area contributed by atoms with Gasteiger partial charge in [-0.25, -0.2) is 0 Å². The van der Waals surface area contributed by atoms with Crippen molar-refractivity contribution < 1.29 is 19.1 Å². The molecule has 3 amide bonds. The normalized spacial score (nSPS) is 11.2. The molecular weight excluding hydrogens is 370 g/mol. The molecule has 0 saturated heterocycles. The third-order valence-corrected chi connectivity index (χ3v) is 4.01. The SMILES string of the molecule is COc1ccc(NC(=O)[C@@H](NC(C)=O)C(=O)NCc2ccccc2Cl)cc1. The van der Waals surface area contributed by atoms with Crippen molar-refractivity contribution >= 4 is 35.0 Å². The molecule has 0 saturated carbocycles. The molecule has 0 radical (unpaired) electrons. The van der Waals surface area contributed by atoms with Crippen molar-refractivity contribution in [3.05, 3.63) is 59.1 Å². The van der Waals surface area contributed by atoms with Gasteiger partial charge in [0.1, 0.15) is 5.75 Å². The lowest BCUT2D eigenvalue weighted by molar-refractivity contribution is -0.134. The predicted molar refractivity (Wildman–Crippen MR) is 103 cm³/mol. The first-order valence-electron chi connectivity index (χ1n) is 8.14. The monoisotopic (exact) mass is 389 g/mol. The van der Waals surface area contributed by atoms with Crippen LogP contribution in [0.3, 0.4) is 0 Å². The Labute approximate surface area is 162 Å². The van der Waals surface area contributed by atoms with Crippen LogP contribution in [0.1, 0.15) is 12.5 Å². The molecule has 2 rings (SSSR count). The quantitative estimate of drug-likeness (QED) is 0.632. The van der Waals surface area contributed by atoms with Gasteiger partial charge in [0, 0.05) is 24.2 Å². The zero-order valence-corrected chi connectivity index (χ0v) is 15.7. The standard InChI is InChI=1S/C19H20ClN3O4/c1-12(24)22-17(18(25)21-11-13-5-3-4-6-16(13)20)19(26)23-14-7-9-15(27-2)10-8-14/h3-10,17H,11H2,1-2H3,(H,21,25)(H,22,24)(H,23,26)/t17-/m0/s1. The minimum Gasteiger partial charge on any atom is -0.497 e. The maximum absolute atomic E-state index is 12.5. The number of ether oxygens (including phenoxy) is 1. The second kappa shape index (κ2) is 9.59. The van der Waals surface area contributed by atoms with E-state index in [2.05, 4.69) is 16.0 Å². The molecule has 8 heteroatoms. The number of hydrogen-bond donors (Lipinski definition) is 3. The summed E-state index contributed by atoms with van der Waals surface area (Å²) in [4.78, 5) is 36.3. The number of methoxy groups -OCH3 is 1. The van der Waals surface area contributed by atoms with Crippen molar-refractivity contribution in [1.82, 2.24) is 10.6 Å². The molecule has 2 aromatic rings. The summed E-state index contributed by atoms with van der Waals surface area (Å²) in [5, 5.41) is 8.05. The smallest absolute Gasteiger partial charge is 0.256 e. The van der Waals surface area contributed by atoms with Gasteiger partial charge >= 0.3 is 0 Å². The maximum Gasteiger partial charge on any atom is 0.256 e. The topological polar surface area (TPSA) is 96.5 Å². The van der Waals surface area contributed by atoms with E-state index >= 15 is 0 Å².